The molecule has 1 rings (SSSR count). The summed E-state index contributed by atoms with van der Waals surface area (Å²) in [5, 5.41) is 9.16. The lowest BCUT2D eigenvalue weighted by Gasteiger charge is -2.07. The van der Waals surface area contributed by atoms with Crippen molar-refractivity contribution in [1.29, 1.82) is 0 Å². The van der Waals surface area contributed by atoms with Gasteiger partial charge in [0.15, 0.2) is 0 Å². The number of nitrogens with zero attached hydrogens (tertiary/aromatic N) is 2. The van der Waals surface area contributed by atoms with E-state index in [-0.39, 0.29) is 6.10 Å². The molecule has 0 aliphatic carbocycles. The third-order valence-corrected chi connectivity index (χ3v) is 2.00. The smallest absolute Gasteiger partial charge is 0.0952 e. The van der Waals surface area contributed by atoms with Gasteiger partial charge in [0.25, 0.3) is 0 Å². The number of rotatable bonds is 3. The van der Waals surface area contributed by atoms with E-state index in [2.05, 4.69) is 11.9 Å². The summed E-state index contributed by atoms with van der Waals surface area (Å²) in [7, 11) is 0. The molecule has 0 radical (unpaired) electrons. The highest BCUT2D eigenvalue weighted by molar-refractivity contribution is 5.10. The van der Waals surface area contributed by atoms with Gasteiger partial charge in [-0.15, -0.1) is 0 Å². The van der Waals surface area contributed by atoms with Crippen LogP contribution in [0.2, 0.25) is 0 Å². The number of hydrogen-bond donors (Lipinski definition) is 1. The Balaban J connectivity index is 2.80. The second kappa shape index (κ2) is 3.72. The zero-order chi connectivity index (χ0) is 9.14. The van der Waals surface area contributed by atoms with Crippen molar-refractivity contribution in [3.8, 4) is 0 Å². The molecule has 0 fully saturated rings. The van der Waals surface area contributed by atoms with Crippen molar-refractivity contribution in [1.82, 2.24) is 9.55 Å². The molecule has 0 bridgehead atoms. The number of aliphatic hydroxyl groups excluding tert-OH is 1. The van der Waals surface area contributed by atoms with Crippen LogP contribution in [-0.4, -0.2) is 20.8 Å². The van der Waals surface area contributed by atoms with E-state index in [1.165, 1.54) is 5.69 Å². The summed E-state index contributed by atoms with van der Waals surface area (Å²) in [4.78, 5) is 4.24. The van der Waals surface area contributed by atoms with E-state index >= 15 is 0 Å². The molecule has 0 spiro atoms. The van der Waals surface area contributed by atoms with Gasteiger partial charge in [0.1, 0.15) is 0 Å². The maximum Gasteiger partial charge on any atom is 0.0952 e. The molecule has 3 heteroatoms. The van der Waals surface area contributed by atoms with Gasteiger partial charge in [-0.3, -0.25) is 0 Å². The molecule has 0 saturated heterocycles. The van der Waals surface area contributed by atoms with Crippen LogP contribution in [-0.2, 0) is 13.0 Å². The molecular formula is C9H16N2O. The Morgan fingerprint density at radius 2 is 2.33 bits per heavy atom. The van der Waals surface area contributed by atoms with Crippen molar-refractivity contribution >= 4 is 0 Å². The Labute approximate surface area is 73.1 Å². The molecule has 1 heterocycles. The first-order valence-corrected chi connectivity index (χ1v) is 4.33. The molecule has 68 valence electrons. The van der Waals surface area contributed by atoms with Gasteiger partial charge in [-0.25, -0.2) is 4.98 Å². The van der Waals surface area contributed by atoms with Crippen LogP contribution in [0, 0.1) is 6.92 Å². The fourth-order valence-electron chi connectivity index (χ4n) is 1.30. The Morgan fingerprint density at radius 3 is 2.75 bits per heavy atom. The zero-order valence-electron chi connectivity index (χ0n) is 7.91. The van der Waals surface area contributed by atoms with Crippen LogP contribution in [0.25, 0.3) is 0 Å². The summed E-state index contributed by atoms with van der Waals surface area (Å²) < 4.78 is 1.99. The molecule has 0 aliphatic rings. The maximum atomic E-state index is 9.16. The highest BCUT2D eigenvalue weighted by Crippen LogP contribution is 2.07. The molecule has 0 amide bonds. The molecule has 1 N–H and O–H groups in total. The quantitative estimate of drug-likeness (QED) is 0.734. The van der Waals surface area contributed by atoms with E-state index in [1.807, 2.05) is 11.5 Å². The fraction of sp³-hybridized carbons (Fsp3) is 0.667. The first kappa shape index (κ1) is 9.26. The number of aliphatic hydroxyl groups is 1. The molecule has 0 aromatic carbocycles. The molecule has 1 aromatic rings. The first-order chi connectivity index (χ1) is 5.65. The average molecular weight is 168 g/mol. The fourth-order valence-corrected chi connectivity index (χ4v) is 1.30. The largest absolute Gasteiger partial charge is 0.392 e. The van der Waals surface area contributed by atoms with E-state index in [4.69, 9.17) is 5.11 Å². The Bertz CT molecular complexity index is 253. The lowest BCUT2D eigenvalue weighted by atomic mass is 10.3. The predicted octanol–water partition coefficient (Wildman–Crippen LogP) is 1.13. The highest BCUT2D eigenvalue weighted by atomic mass is 16.3. The maximum absolute atomic E-state index is 9.16. The van der Waals surface area contributed by atoms with E-state index < -0.39 is 0 Å². The van der Waals surface area contributed by atoms with E-state index in [1.54, 1.807) is 13.3 Å². The van der Waals surface area contributed by atoms with Gasteiger partial charge >= 0.3 is 0 Å². The van der Waals surface area contributed by atoms with E-state index in [0.29, 0.717) is 6.54 Å². The van der Waals surface area contributed by atoms with Gasteiger partial charge in [-0.1, -0.05) is 6.92 Å². The Hall–Kier alpha value is -0.830. The van der Waals surface area contributed by atoms with Gasteiger partial charge in [-0.2, -0.15) is 0 Å². The van der Waals surface area contributed by atoms with Crippen molar-refractivity contribution in [2.75, 3.05) is 0 Å². The summed E-state index contributed by atoms with van der Waals surface area (Å²) in [6.07, 6.45) is 2.45. The average Bonchev–Trinajstić information content (AvgIpc) is 2.32. The lowest BCUT2D eigenvalue weighted by molar-refractivity contribution is 0.172. The van der Waals surface area contributed by atoms with Crippen molar-refractivity contribution in [2.24, 2.45) is 0 Å². The molecule has 3 nitrogen and oxygen atoms in total. The van der Waals surface area contributed by atoms with E-state index in [9.17, 15) is 0 Å². The van der Waals surface area contributed by atoms with Crippen LogP contribution in [0.3, 0.4) is 0 Å². The lowest BCUT2D eigenvalue weighted by Crippen LogP contribution is -2.12. The molecule has 1 unspecified atom stereocenters. The number of aryl methyl sites for hydroxylation is 1. The van der Waals surface area contributed by atoms with Crippen LogP contribution in [0.4, 0.5) is 0 Å². The number of imidazole rings is 1. The summed E-state index contributed by atoms with van der Waals surface area (Å²) >= 11 is 0. The minimum Gasteiger partial charge on any atom is -0.392 e. The van der Waals surface area contributed by atoms with E-state index in [0.717, 1.165) is 12.1 Å². The molecule has 12 heavy (non-hydrogen) atoms. The topological polar surface area (TPSA) is 38.0 Å². The minimum absolute atomic E-state index is 0.303. The van der Waals surface area contributed by atoms with Crippen LogP contribution in [0.15, 0.2) is 6.33 Å². The molecule has 1 aromatic heterocycles. The predicted molar refractivity (Wildman–Crippen MR) is 48.0 cm³/mol. The molecule has 0 saturated carbocycles. The van der Waals surface area contributed by atoms with Gasteiger partial charge in [0.2, 0.25) is 0 Å². The van der Waals surface area contributed by atoms with Crippen molar-refractivity contribution in [3.05, 3.63) is 17.7 Å². The second-order valence-corrected chi connectivity index (χ2v) is 3.13. The van der Waals surface area contributed by atoms with Crippen molar-refractivity contribution in [2.45, 2.75) is 39.8 Å². The number of aromatic nitrogens is 2. The molecule has 0 aliphatic heterocycles. The summed E-state index contributed by atoms with van der Waals surface area (Å²) in [5.41, 5.74) is 2.29. The van der Waals surface area contributed by atoms with Gasteiger partial charge in [0.05, 0.1) is 18.1 Å². The van der Waals surface area contributed by atoms with Gasteiger partial charge in [0, 0.05) is 12.2 Å². The monoisotopic (exact) mass is 168 g/mol. The summed E-state index contributed by atoms with van der Waals surface area (Å²) in [6, 6.07) is 0. The SMILES string of the molecule is CCc1ncn(CC(C)O)c1C. The standard InChI is InChI=1S/C9H16N2O/c1-4-9-8(3)11(6-10-9)5-7(2)12/h6-7,12H,4-5H2,1-3H3. The molecule has 1 atom stereocenters. The minimum atomic E-state index is -0.303. The third-order valence-electron chi connectivity index (χ3n) is 2.00. The van der Waals surface area contributed by atoms with Gasteiger partial charge < -0.3 is 9.67 Å². The van der Waals surface area contributed by atoms with Gasteiger partial charge in [-0.05, 0) is 20.3 Å². The van der Waals surface area contributed by atoms with Crippen LogP contribution >= 0.6 is 0 Å². The highest BCUT2D eigenvalue weighted by Gasteiger charge is 2.05. The third kappa shape index (κ3) is 1.85. The second-order valence-electron chi connectivity index (χ2n) is 3.13. The zero-order valence-corrected chi connectivity index (χ0v) is 7.91. The van der Waals surface area contributed by atoms with Crippen molar-refractivity contribution in [3.63, 3.8) is 0 Å². The Kier molecular flexibility index (Phi) is 2.87. The van der Waals surface area contributed by atoms with Crippen molar-refractivity contribution < 1.29 is 5.11 Å². The normalized spacial score (nSPS) is 13.3. The summed E-state index contributed by atoms with van der Waals surface area (Å²) in [6.45, 7) is 6.54. The Morgan fingerprint density at radius 1 is 1.67 bits per heavy atom. The summed E-state index contributed by atoms with van der Waals surface area (Å²) in [5.74, 6) is 0. The van der Waals surface area contributed by atoms with Crippen LogP contribution in [0.1, 0.15) is 25.2 Å². The first-order valence-electron chi connectivity index (χ1n) is 4.33. The van der Waals surface area contributed by atoms with Crippen LogP contribution < -0.4 is 0 Å². The van der Waals surface area contributed by atoms with Crippen LogP contribution in [0.5, 0.6) is 0 Å². The number of hydrogen-bond acceptors (Lipinski definition) is 2. The molecular weight excluding hydrogens is 152 g/mol.